The van der Waals surface area contributed by atoms with E-state index in [1.54, 1.807) is 16.0 Å². The second-order valence-corrected chi connectivity index (χ2v) is 6.88. The summed E-state index contributed by atoms with van der Waals surface area (Å²) in [6.07, 6.45) is 0.839. The number of rotatable bonds is 5. The van der Waals surface area contributed by atoms with Crippen LogP contribution in [0.15, 0.2) is 41.8 Å². The topological polar surface area (TPSA) is 59.8 Å². The molecule has 2 heterocycles. The monoisotopic (exact) mass is 340 g/mol. The van der Waals surface area contributed by atoms with Crippen LogP contribution in [0.5, 0.6) is 0 Å². The van der Waals surface area contributed by atoms with Gasteiger partial charge in [0.1, 0.15) is 5.82 Å². The van der Waals surface area contributed by atoms with Crippen molar-refractivity contribution in [2.24, 2.45) is 7.05 Å². The van der Waals surface area contributed by atoms with E-state index in [1.807, 2.05) is 51.2 Å². The fourth-order valence-electron chi connectivity index (χ4n) is 2.65. The smallest absolute Gasteiger partial charge is 0.251 e. The van der Waals surface area contributed by atoms with Crippen LogP contribution in [0.4, 0.5) is 0 Å². The van der Waals surface area contributed by atoms with E-state index in [1.165, 1.54) is 4.88 Å². The molecule has 0 aliphatic rings. The average Bonchev–Trinajstić information content (AvgIpc) is 3.16. The van der Waals surface area contributed by atoms with E-state index < -0.39 is 0 Å². The van der Waals surface area contributed by atoms with Crippen LogP contribution in [0, 0.1) is 6.92 Å². The van der Waals surface area contributed by atoms with Gasteiger partial charge in [0.15, 0.2) is 5.82 Å². The maximum Gasteiger partial charge on any atom is 0.251 e. The number of aromatic nitrogens is 3. The zero-order valence-corrected chi connectivity index (χ0v) is 14.8. The quantitative estimate of drug-likeness (QED) is 0.776. The van der Waals surface area contributed by atoms with Crippen molar-refractivity contribution in [2.45, 2.75) is 26.3 Å². The first-order valence-corrected chi connectivity index (χ1v) is 8.72. The summed E-state index contributed by atoms with van der Waals surface area (Å²) in [5, 5.41) is 9.37. The predicted octanol–water partition coefficient (Wildman–Crippen LogP) is 3.21. The molecule has 1 atom stereocenters. The van der Waals surface area contributed by atoms with E-state index in [4.69, 9.17) is 0 Å². The largest absolute Gasteiger partial charge is 0.349 e. The van der Waals surface area contributed by atoms with Gasteiger partial charge in [0.2, 0.25) is 0 Å². The van der Waals surface area contributed by atoms with Gasteiger partial charge in [-0.05, 0) is 37.4 Å². The number of thiophene rings is 1. The molecule has 0 radical (unpaired) electrons. The van der Waals surface area contributed by atoms with E-state index in [9.17, 15) is 4.79 Å². The van der Waals surface area contributed by atoms with Crippen molar-refractivity contribution in [1.82, 2.24) is 20.1 Å². The molecule has 1 aromatic carbocycles. The minimum atomic E-state index is -0.0696. The summed E-state index contributed by atoms with van der Waals surface area (Å²) in [6, 6.07) is 11.7. The first kappa shape index (κ1) is 16.4. The summed E-state index contributed by atoms with van der Waals surface area (Å²) in [5.41, 5.74) is 1.52. The highest BCUT2D eigenvalue weighted by molar-refractivity contribution is 7.09. The Bertz CT molecular complexity index is 839. The number of nitrogens with zero attached hydrogens (tertiary/aromatic N) is 3. The number of hydrogen-bond acceptors (Lipinski definition) is 4. The lowest BCUT2D eigenvalue weighted by atomic mass is 10.1. The van der Waals surface area contributed by atoms with E-state index in [-0.39, 0.29) is 11.9 Å². The number of carbonyl (C=O) groups is 1. The molecule has 0 fully saturated rings. The zero-order valence-electron chi connectivity index (χ0n) is 14.0. The van der Waals surface area contributed by atoms with Crippen molar-refractivity contribution < 1.29 is 4.79 Å². The van der Waals surface area contributed by atoms with Crippen LogP contribution in [0.25, 0.3) is 11.4 Å². The molecular formula is C18H20N4OS. The van der Waals surface area contributed by atoms with Crippen molar-refractivity contribution in [3.8, 4) is 11.4 Å². The van der Waals surface area contributed by atoms with Gasteiger partial charge in [0, 0.05) is 35.5 Å². The summed E-state index contributed by atoms with van der Waals surface area (Å²) in [7, 11) is 1.85. The van der Waals surface area contributed by atoms with Gasteiger partial charge in [-0.2, -0.15) is 5.10 Å². The van der Waals surface area contributed by atoms with Crippen LogP contribution >= 0.6 is 11.3 Å². The highest BCUT2D eigenvalue weighted by Gasteiger charge is 2.13. The molecule has 5 nitrogen and oxygen atoms in total. The lowest BCUT2D eigenvalue weighted by Gasteiger charge is -2.13. The second-order valence-electron chi connectivity index (χ2n) is 5.85. The van der Waals surface area contributed by atoms with Crippen molar-refractivity contribution in [3.05, 3.63) is 58.0 Å². The van der Waals surface area contributed by atoms with Gasteiger partial charge in [-0.1, -0.05) is 18.2 Å². The molecule has 124 valence electrons. The van der Waals surface area contributed by atoms with E-state index in [0.717, 1.165) is 17.8 Å². The molecule has 0 saturated heterocycles. The number of nitrogens with one attached hydrogen (secondary N) is 1. The van der Waals surface area contributed by atoms with Crippen LogP contribution in [0.3, 0.4) is 0 Å². The number of benzene rings is 1. The van der Waals surface area contributed by atoms with Gasteiger partial charge < -0.3 is 5.32 Å². The fraction of sp³-hybridized carbons (Fsp3) is 0.278. The lowest BCUT2D eigenvalue weighted by Crippen LogP contribution is -2.33. The number of hydrogen-bond donors (Lipinski definition) is 1. The average molecular weight is 340 g/mol. The summed E-state index contributed by atoms with van der Waals surface area (Å²) in [6.45, 7) is 3.87. The Balaban J connectivity index is 1.73. The highest BCUT2D eigenvalue weighted by Crippen LogP contribution is 2.18. The van der Waals surface area contributed by atoms with Crippen LogP contribution < -0.4 is 5.32 Å². The zero-order chi connectivity index (χ0) is 17.1. The van der Waals surface area contributed by atoms with Crippen LogP contribution in [0.2, 0.25) is 0 Å². The molecule has 3 aromatic rings. The van der Waals surface area contributed by atoms with E-state index >= 15 is 0 Å². The molecule has 24 heavy (non-hydrogen) atoms. The molecule has 0 saturated carbocycles. The Morgan fingerprint density at radius 2 is 2.17 bits per heavy atom. The van der Waals surface area contributed by atoms with Crippen LogP contribution in [0.1, 0.15) is 28.0 Å². The SMILES string of the molecule is Cc1nc(-c2cccc(C(=O)NC(C)Cc3cccs3)c2)n(C)n1. The maximum absolute atomic E-state index is 12.5. The Labute approximate surface area is 145 Å². The normalized spacial score (nSPS) is 12.1. The van der Waals surface area contributed by atoms with Crippen molar-refractivity contribution in [1.29, 1.82) is 0 Å². The third kappa shape index (κ3) is 3.71. The Morgan fingerprint density at radius 3 is 2.83 bits per heavy atom. The number of amides is 1. The summed E-state index contributed by atoms with van der Waals surface area (Å²) < 4.78 is 1.73. The van der Waals surface area contributed by atoms with Crippen molar-refractivity contribution in [2.75, 3.05) is 0 Å². The third-order valence-corrected chi connectivity index (χ3v) is 4.62. The standard InChI is InChI=1S/C18H20N4OS/c1-12(10-16-8-5-9-24-16)19-18(23)15-7-4-6-14(11-15)17-20-13(2)21-22(17)3/h4-9,11-12H,10H2,1-3H3,(H,19,23). The van der Waals surface area contributed by atoms with Crippen molar-refractivity contribution >= 4 is 17.2 Å². The number of carbonyl (C=O) groups excluding carboxylic acids is 1. The Morgan fingerprint density at radius 1 is 1.33 bits per heavy atom. The fourth-order valence-corrected chi connectivity index (χ4v) is 3.49. The molecule has 1 amide bonds. The Kier molecular flexibility index (Phi) is 4.76. The third-order valence-electron chi connectivity index (χ3n) is 3.72. The highest BCUT2D eigenvalue weighted by atomic mass is 32.1. The van der Waals surface area contributed by atoms with E-state index in [0.29, 0.717) is 11.4 Å². The van der Waals surface area contributed by atoms with Gasteiger partial charge in [0.25, 0.3) is 5.91 Å². The van der Waals surface area contributed by atoms with Crippen LogP contribution in [-0.2, 0) is 13.5 Å². The summed E-state index contributed by atoms with van der Waals surface area (Å²) in [5.74, 6) is 1.40. The molecule has 6 heteroatoms. The predicted molar refractivity (Wildman–Crippen MR) is 96.1 cm³/mol. The first-order chi connectivity index (χ1) is 11.5. The van der Waals surface area contributed by atoms with Gasteiger partial charge in [-0.25, -0.2) is 9.67 Å². The molecule has 1 unspecified atom stereocenters. The molecule has 0 spiro atoms. The van der Waals surface area contributed by atoms with Gasteiger partial charge >= 0.3 is 0 Å². The van der Waals surface area contributed by atoms with Gasteiger partial charge in [0.05, 0.1) is 0 Å². The molecule has 2 aromatic heterocycles. The first-order valence-electron chi connectivity index (χ1n) is 7.84. The molecule has 0 bridgehead atoms. The summed E-state index contributed by atoms with van der Waals surface area (Å²) in [4.78, 5) is 18.2. The molecular weight excluding hydrogens is 320 g/mol. The molecule has 1 N–H and O–H groups in total. The van der Waals surface area contributed by atoms with Gasteiger partial charge in [-0.15, -0.1) is 11.3 Å². The Hall–Kier alpha value is -2.47. The molecule has 0 aliphatic carbocycles. The maximum atomic E-state index is 12.5. The molecule has 0 aliphatic heterocycles. The second kappa shape index (κ2) is 6.97. The molecule has 3 rings (SSSR count). The van der Waals surface area contributed by atoms with Crippen LogP contribution in [-0.4, -0.2) is 26.7 Å². The van der Waals surface area contributed by atoms with Gasteiger partial charge in [-0.3, -0.25) is 4.79 Å². The minimum Gasteiger partial charge on any atom is -0.349 e. The minimum absolute atomic E-state index is 0.0696. The van der Waals surface area contributed by atoms with Crippen molar-refractivity contribution in [3.63, 3.8) is 0 Å². The summed E-state index contributed by atoms with van der Waals surface area (Å²) >= 11 is 1.71. The number of aryl methyl sites for hydroxylation is 2. The van der Waals surface area contributed by atoms with E-state index in [2.05, 4.69) is 26.8 Å². The lowest BCUT2D eigenvalue weighted by molar-refractivity contribution is 0.0940.